The maximum absolute atomic E-state index is 13.0. The summed E-state index contributed by atoms with van der Waals surface area (Å²) < 4.78 is 14.2. The second-order valence-corrected chi connectivity index (χ2v) is 4.76. The van der Waals surface area contributed by atoms with Crippen LogP contribution in [0.2, 0.25) is 0 Å². The summed E-state index contributed by atoms with van der Waals surface area (Å²) in [5, 5.41) is 16.6. The molecule has 1 heterocycles. The van der Waals surface area contributed by atoms with Crippen molar-refractivity contribution in [3.8, 4) is 11.4 Å². The van der Waals surface area contributed by atoms with Gasteiger partial charge in [0.05, 0.1) is 5.75 Å². The molecule has 0 amide bonds. The molecule has 3 N–H and O–H groups in total. The summed E-state index contributed by atoms with van der Waals surface area (Å²) in [6.07, 6.45) is 0. The summed E-state index contributed by atoms with van der Waals surface area (Å²) in [6.45, 7) is 1.73. The van der Waals surface area contributed by atoms with E-state index in [9.17, 15) is 9.18 Å². The van der Waals surface area contributed by atoms with Crippen molar-refractivity contribution in [2.24, 2.45) is 0 Å². The zero-order valence-corrected chi connectivity index (χ0v) is 10.8. The first-order valence-electron chi connectivity index (χ1n) is 5.30. The third-order valence-electron chi connectivity index (χ3n) is 2.42. The molecule has 1 aromatic carbocycles. The lowest BCUT2D eigenvalue weighted by Crippen LogP contribution is -2.13. The molecule has 0 aliphatic carbocycles. The second kappa shape index (κ2) is 5.27. The van der Waals surface area contributed by atoms with Crippen LogP contribution in [-0.4, -0.2) is 31.7 Å². The molecule has 19 heavy (non-hydrogen) atoms. The highest BCUT2D eigenvalue weighted by Crippen LogP contribution is 2.24. The van der Waals surface area contributed by atoms with Crippen LogP contribution >= 0.6 is 11.8 Å². The van der Waals surface area contributed by atoms with Crippen LogP contribution in [0.15, 0.2) is 23.4 Å². The fourth-order valence-electron chi connectivity index (χ4n) is 1.56. The van der Waals surface area contributed by atoms with E-state index in [1.165, 1.54) is 16.8 Å². The average Bonchev–Trinajstić information content (AvgIpc) is 2.68. The molecule has 0 unspecified atom stereocenters. The van der Waals surface area contributed by atoms with Crippen molar-refractivity contribution in [3.63, 3.8) is 0 Å². The summed E-state index contributed by atoms with van der Waals surface area (Å²) in [5.74, 6) is 4.72. The number of nitrogens with zero attached hydrogens (tertiary/aromatic N) is 3. The maximum Gasteiger partial charge on any atom is 0.313 e. The van der Waals surface area contributed by atoms with Crippen LogP contribution in [0.4, 0.5) is 4.39 Å². The highest BCUT2D eigenvalue weighted by Gasteiger charge is 2.15. The molecule has 0 aliphatic heterocycles. The van der Waals surface area contributed by atoms with Gasteiger partial charge in [0.1, 0.15) is 5.82 Å². The Morgan fingerprint density at radius 2 is 2.26 bits per heavy atom. The summed E-state index contributed by atoms with van der Waals surface area (Å²) >= 11 is 0.970. The molecule has 0 saturated heterocycles. The minimum Gasteiger partial charge on any atom is -0.481 e. The number of carboxylic acid groups (broad SMARTS) is 1. The van der Waals surface area contributed by atoms with Crippen LogP contribution in [0, 0.1) is 12.7 Å². The molecule has 2 rings (SSSR count). The van der Waals surface area contributed by atoms with Crippen molar-refractivity contribution >= 4 is 17.7 Å². The number of carbonyl (C=O) groups is 1. The Labute approximate surface area is 112 Å². The fourth-order valence-corrected chi connectivity index (χ4v) is 2.14. The van der Waals surface area contributed by atoms with Gasteiger partial charge in [-0.3, -0.25) is 4.79 Å². The van der Waals surface area contributed by atoms with E-state index in [2.05, 4.69) is 10.2 Å². The van der Waals surface area contributed by atoms with Gasteiger partial charge in [-0.25, -0.2) is 9.07 Å². The summed E-state index contributed by atoms with van der Waals surface area (Å²) in [4.78, 5) is 10.5. The van der Waals surface area contributed by atoms with Crippen molar-refractivity contribution in [1.82, 2.24) is 14.9 Å². The zero-order chi connectivity index (χ0) is 14.0. The number of aryl methyl sites for hydroxylation is 1. The van der Waals surface area contributed by atoms with Gasteiger partial charge in [0.15, 0.2) is 5.82 Å². The van der Waals surface area contributed by atoms with Gasteiger partial charge in [-0.15, -0.1) is 10.2 Å². The first-order valence-corrected chi connectivity index (χ1v) is 6.29. The topological polar surface area (TPSA) is 94.0 Å². The third-order valence-corrected chi connectivity index (χ3v) is 3.35. The van der Waals surface area contributed by atoms with Crippen molar-refractivity contribution in [2.45, 2.75) is 12.1 Å². The normalized spacial score (nSPS) is 10.6. The number of hydrogen-bond donors (Lipinski definition) is 2. The molecule has 0 aliphatic rings. The number of carboxylic acids is 1. The zero-order valence-electron chi connectivity index (χ0n) is 10.00. The molecule has 8 heteroatoms. The Hall–Kier alpha value is -2.09. The molecule has 0 fully saturated rings. The maximum atomic E-state index is 13.0. The van der Waals surface area contributed by atoms with E-state index in [0.717, 1.165) is 11.8 Å². The highest BCUT2D eigenvalue weighted by molar-refractivity contribution is 7.99. The van der Waals surface area contributed by atoms with Crippen LogP contribution in [0.5, 0.6) is 0 Å². The van der Waals surface area contributed by atoms with E-state index in [1.54, 1.807) is 13.0 Å². The lowest BCUT2D eigenvalue weighted by Gasteiger charge is -2.05. The lowest BCUT2D eigenvalue weighted by molar-refractivity contribution is -0.133. The number of rotatable bonds is 4. The second-order valence-electron chi connectivity index (χ2n) is 3.82. The van der Waals surface area contributed by atoms with Crippen molar-refractivity contribution in [3.05, 3.63) is 29.6 Å². The van der Waals surface area contributed by atoms with Gasteiger partial charge in [0, 0.05) is 5.56 Å². The number of benzene rings is 1. The minimum absolute atomic E-state index is 0.155. The standard InChI is InChI=1S/C11H11FN4O2S/c1-6-4-7(12)2-3-8(6)10-14-15-11(16(10)13)19-5-9(17)18/h2-4H,5,13H2,1H3,(H,17,18). The first kappa shape index (κ1) is 13.3. The number of hydrogen-bond acceptors (Lipinski definition) is 5. The number of thioether (sulfide) groups is 1. The first-order chi connectivity index (χ1) is 8.99. The highest BCUT2D eigenvalue weighted by atomic mass is 32.2. The largest absolute Gasteiger partial charge is 0.481 e. The van der Waals surface area contributed by atoms with Crippen LogP contribution in [0.3, 0.4) is 0 Å². The fraction of sp³-hybridized carbons (Fsp3) is 0.182. The lowest BCUT2D eigenvalue weighted by atomic mass is 10.1. The number of nitrogens with two attached hydrogens (primary N) is 1. The molecule has 0 bridgehead atoms. The Morgan fingerprint density at radius 3 is 2.89 bits per heavy atom. The van der Waals surface area contributed by atoms with Crippen molar-refractivity contribution in [1.29, 1.82) is 0 Å². The van der Waals surface area contributed by atoms with Gasteiger partial charge in [-0.2, -0.15) is 0 Å². The van der Waals surface area contributed by atoms with Crippen molar-refractivity contribution < 1.29 is 14.3 Å². The van der Waals surface area contributed by atoms with Gasteiger partial charge >= 0.3 is 5.97 Å². The predicted molar refractivity (Wildman–Crippen MR) is 68.7 cm³/mol. The molecule has 6 nitrogen and oxygen atoms in total. The van der Waals surface area contributed by atoms with Gasteiger partial charge in [0.2, 0.25) is 5.16 Å². The molecule has 2 aromatic rings. The molecule has 0 saturated carbocycles. The van der Waals surface area contributed by atoms with E-state index in [0.29, 0.717) is 22.1 Å². The average molecular weight is 282 g/mol. The van der Waals surface area contributed by atoms with Crippen LogP contribution in [0.1, 0.15) is 5.56 Å². The number of halogens is 1. The smallest absolute Gasteiger partial charge is 0.313 e. The third kappa shape index (κ3) is 2.84. The van der Waals surface area contributed by atoms with E-state index in [4.69, 9.17) is 10.9 Å². The minimum atomic E-state index is -0.965. The van der Waals surface area contributed by atoms with E-state index >= 15 is 0 Å². The number of aromatic nitrogens is 3. The Kier molecular flexibility index (Phi) is 3.70. The molecular weight excluding hydrogens is 271 g/mol. The molecule has 0 radical (unpaired) electrons. The number of nitrogen functional groups attached to an aromatic ring is 1. The Bertz CT molecular complexity index is 629. The van der Waals surface area contributed by atoms with E-state index in [1.807, 2.05) is 0 Å². The van der Waals surface area contributed by atoms with E-state index in [-0.39, 0.29) is 11.6 Å². The Balaban J connectivity index is 2.33. The van der Waals surface area contributed by atoms with Crippen molar-refractivity contribution in [2.75, 3.05) is 11.6 Å². The Morgan fingerprint density at radius 1 is 1.53 bits per heavy atom. The number of aliphatic carboxylic acids is 1. The van der Waals surface area contributed by atoms with Crippen LogP contribution in [0.25, 0.3) is 11.4 Å². The monoisotopic (exact) mass is 282 g/mol. The summed E-state index contributed by atoms with van der Waals surface area (Å²) in [6, 6.07) is 4.23. The molecular formula is C11H11FN4O2S. The quantitative estimate of drug-likeness (QED) is 0.648. The predicted octanol–water partition coefficient (Wildman–Crippen LogP) is 1.28. The van der Waals surface area contributed by atoms with Gasteiger partial charge in [-0.05, 0) is 30.7 Å². The van der Waals surface area contributed by atoms with Gasteiger partial charge < -0.3 is 10.9 Å². The molecule has 100 valence electrons. The molecule has 1 aromatic heterocycles. The molecule has 0 atom stereocenters. The SMILES string of the molecule is Cc1cc(F)ccc1-c1nnc(SCC(=O)O)n1N. The summed E-state index contributed by atoms with van der Waals surface area (Å²) in [7, 11) is 0. The van der Waals surface area contributed by atoms with Gasteiger partial charge in [0.25, 0.3) is 0 Å². The van der Waals surface area contributed by atoms with Crippen LogP contribution in [-0.2, 0) is 4.79 Å². The molecule has 0 spiro atoms. The summed E-state index contributed by atoms with van der Waals surface area (Å²) in [5.41, 5.74) is 1.33. The van der Waals surface area contributed by atoms with Gasteiger partial charge in [-0.1, -0.05) is 11.8 Å². The van der Waals surface area contributed by atoms with Crippen LogP contribution < -0.4 is 5.84 Å². The van der Waals surface area contributed by atoms with E-state index < -0.39 is 5.97 Å².